The Kier molecular flexibility index (Phi) is 4.80. The van der Waals surface area contributed by atoms with Crippen LogP contribution >= 0.6 is 0 Å². The topological polar surface area (TPSA) is 80.5 Å². The van der Waals surface area contributed by atoms with E-state index in [2.05, 4.69) is 20.4 Å². The summed E-state index contributed by atoms with van der Waals surface area (Å²) in [5, 5.41) is 6.90. The SMILES string of the molecule is Cc1noc(C)c1[C@@H](C)NC(=O)c1cc(N2CCOCC2)ccn1. The molecule has 1 saturated heterocycles. The van der Waals surface area contributed by atoms with Gasteiger partial charge in [-0.25, -0.2) is 0 Å². The highest BCUT2D eigenvalue weighted by Crippen LogP contribution is 2.22. The van der Waals surface area contributed by atoms with Crippen LogP contribution in [0, 0.1) is 13.8 Å². The van der Waals surface area contributed by atoms with Gasteiger partial charge in [-0.05, 0) is 32.9 Å². The molecule has 0 unspecified atom stereocenters. The van der Waals surface area contributed by atoms with Crippen LogP contribution in [-0.2, 0) is 4.74 Å². The van der Waals surface area contributed by atoms with E-state index in [-0.39, 0.29) is 11.9 Å². The zero-order valence-electron chi connectivity index (χ0n) is 14.2. The summed E-state index contributed by atoms with van der Waals surface area (Å²) < 4.78 is 10.5. The maximum Gasteiger partial charge on any atom is 0.270 e. The second-order valence-corrected chi connectivity index (χ2v) is 5.93. The molecule has 24 heavy (non-hydrogen) atoms. The maximum absolute atomic E-state index is 12.5. The average molecular weight is 330 g/mol. The average Bonchev–Trinajstić information content (AvgIpc) is 2.94. The lowest BCUT2D eigenvalue weighted by Gasteiger charge is -2.28. The van der Waals surface area contributed by atoms with Gasteiger partial charge in [0.1, 0.15) is 11.5 Å². The largest absolute Gasteiger partial charge is 0.378 e. The molecule has 0 spiro atoms. The van der Waals surface area contributed by atoms with E-state index in [0.29, 0.717) is 18.9 Å². The van der Waals surface area contributed by atoms with Crippen molar-refractivity contribution in [1.82, 2.24) is 15.5 Å². The number of amides is 1. The molecule has 1 N–H and O–H groups in total. The summed E-state index contributed by atoms with van der Waals surface area (Å²) in [4.78, 5) is 18.9. The molecule has 3 heterocycles. The molecule has 1 amide bonds. The van der Waals surface area contributed by atoms with E-state index < -0.39 is 0 Å². The molecule has 1 aliphatic heterocycles. The maximum atomic E-state index is 12.5. The third-order valence-corrected chi connectivity index (χ3v) is 4.22. The summed E-state index contributed by atoms with van der Waals surface area (Å²) in [5.74, 6) is 0.507. The molecule has 0 radical (unpaired) electrons. The predicted molar refractivity (Wildman–Crippen MR) is 89.1 cm³/mol. The van der Waals surface area contributed by atoms with Gasteiger partial charge in [0.05, 0.1) is 24.9 Å². The lowest BCUT2D eigenvalue weighted by molar-refractivity contribution is 0.0934. The van der Waals surface area contributed by atoms with Gasteiger partial charge in [-0.15, -0.1) is 0 Å². The van der Waals surface area contributed by atoms with Crippen molar-refractivity contribution in [2.24, 2.45) is 0 Å². The molecule has 2 aromatic heterocycles. The molecule has 0 bridgehead atoms. The van der Waals surface area contributed by atoms with Crippen LogP contribution in [0.2, 0.25) is 0 Å². The van der Waals surface area contributed by atoms with E-state index >= 15 is 0 Å². The third-order valence-electron chi connectivity index (χ3n) is 4.22. The van der Waals surface area contributed by atoms with Crippen molar-refractivity contribution < 1.29 is 14.1 Å². The van der Waals surface area contributed by atoms with E-state index in [4.69, 9.17) is 9.26 Å². The van der Waals surface area contributed by atoms with Gasteiger partial charge < -0.3 is 19.5 Å². The second-order valence-electron chi connectivity index (χ2n) is 5.93. The van der Waals surface area contributed by atoms with Gasteiger partial charge in [-0.1, -0.05) is 5.16 Å². The normalized spacial score (nSPS) is 16.0. The number of carbonyl (C=O) groups is 1. The first-order valence-corrected chi connectivity index (χ1v) is 8.08. The van der Waals surface area contributed by atoms with Crippen molar-refractivity contribution >= 4 is 11.6 Å². The molecule has 0 aliphatic carbocycles. The van der Waals surface area contributed by atoms with Gasteiger partial charge in [0.25, 0.3) is 5.91 Å². The highest BCUT2D eigenvalue weighted by Gasteiger charge is 2.20. The van der Waals surface area contributed by atoms with Crippen LogP contribution in [0.1, 0.15) is 40.5 Å². The van der Waals surface area contributed by atoms with E-state index in [1.807, 2.05) is 32.9 Å². The summed E-state index contributed by atoms with van der Waals surface area (Å²) in [6, 6.07) is 3.54. The summed E-state index contributed by atoms with van der Waals surface area (Å²) in [7, 11) is 0. The number of ether oxygens (including phenoxy) is 1. The monoisotopic (exact) mass is 330 g/mol. The van der Waals surface area contributed by atoms with Gasteiger partial charge in [0.15, 0.2) is 0 Å². The van der Waals surface area contributed by atoms with E-state index in [9.17, 15) is 4.79 Å². The number of hydrogen-bond acceptors (Lipinski definition) is 6. The second kappa shape index (κ2) is 7.00. The summed E-state index contributed by atoms with van der Waals surface area (Å²) in [5.41, 5.74) is 3.09. The number of pyridine rings is 1. The summed E-state index contributed by atoms with van der Waals surface area (Å²) in [6.45, 7) is 8.66. The van der Waals surface area contributed by atoms with Crippen LogP contribution in [0.3, 0.4) is 0 Å². The molecule has 7 heteroatoms. The van der Waals surface area contributed by atoms with E-state index in [1.54, 1.807) is 6.20 Å². The molecule has 1 fully saturated rings. The quantitative estimate of drug-likeness (QED) is 0.924. The minimum absolute atomic E-state index is 0.197. The fourth-order valence-corrected chi connectivity index (χ4v) is 3.01. The number of nitrogens with zero attached hydrogens (tertiary/aromatic N) is 3. The number of rotatable bonds is 4. The van der Waals surface area contributed by atoms with E-state index in [0.717, 1.165) is 35.8 Å². The Bertz CT molecular complexity index is 703. The minimum atomic E-state index is -0.211. The Balaban J connectivity index is 1.73. The molecular weight excluding hydrogens is 308 g/mol. The van der Waals surface area contributed by atoms with Crippen molar-refractivity contribution in [2.75, 3.05) is 31.2 Å². The van der Waals surface area contributed by atoms with Crippen LogP contribution in [0.15, 0.2) is 22.9 Å². The van der Waals surface area contributed by atoms with Gasteiger partial charge in [-0.2, -0.15) is 0 Å². The van der Waals surface area contributed by atoms with Crippen molar-refractivity contribution in [1.29, 1.82) is 0 Å². The van der Waals surface area contributed by atoms with Crippen LogP contribution in [0.25, 0.3) is 0 Å². The van der Waals surface area contributed by atoms with Gasteiger partial charge in [0, 0.05) is 30.5 Å². The third kappa shape index (κ3) is 3.41. The first-order valence-electron chi connectivity index (χ1n) is 8.08. The molecule has 1 atom stereocenters. The number of hydrogen-bond donors (Lipinski definition) is 1. The Morgan fingerprint density at radius 3 is 2.75 bits per heavy atom. The first-order chi connectivity index (χ1) is 11.6. The zero-order chi connectivity index (χ0) is 17.1. The Morgan fingerprint density at radius 1 is 1.33 bits per heavy atom. The van der Waals surface area contributed by atoms with Gasteiger partial charge >= 0.3 is 0 Å². The number of nitrogens with one attached hydrogen (secondary N) is 1. The molecule has 2 aromatic rings. The van der Waals surface area contributed by atoms with Crippen LogP contribution in [0.5, 0.6) is 0 Å². The fourth-order valence-electron chi connectivity index (χ4n) is 3.01. The standard InChI is InChI=1S/C17H22N4O3/c1-11(16-12(2)20-24-13(16)3)19-17(22)15-10-14(4-5-18-15)21-6-8-23-9-7-21/h4-5,10-11H,6-9H2,1-3H3,(H,19,22)/t11-/m1/s1. The highest BCUT2D eigenvalue weighted by molar-refractivity contribution is 5.93. The lowest BCUT2D eigenvalue weighted by Crippen LogP contribution is -2.36. The number of aromatic nitrogens is 2. The van der Waals surface area contributed by atoms with E-state index in [1.165, 1.54) is 0 Å². The number of morpholine rings is 1. The lowest BCUT2D eigenvalue weighted by atomic mass is 10.1. The van der Waals surface area contributed by atoms with Crippen LogP contribution in [0.4, 0.5) is 5.69 Å². The molecule has 128 valence electrons. The van der Waals surface area contributed by atoms with Crippen molar-refractivity contribution in [3.63, 3.8) is 0 Å². The number of anilines is 1. The molecule has 0 aromatic carbocycles. The zero-order valence-corrected chi connectivity index (χ0v) is 14.2. The van der Waals surface area contributed by atoms with Crippen molar-refractivity contribution in [3.05, 3.63) is 41.0 Å². The highest BCUT2D eigenvalue weighted by atomic mass is 16.5. The van der Waals surface area contributed by atoms with Gasteiger partial charge in [0.2, 0.25) is 0 Å². The smallest absolute Gasteiger partial charge is 0.270 e. The Hall–Kier alpha value is -2.41. The Morgan fingerprint density at radius 2 is 2.08 bits per heavy atom. The molecule has 0 saturated carbocycles. The van der Waals surface area contributed by atoms with Crippen molar-refractivity contribution in [3.8, 4) is 0 Å². The first kappa shape index (κ1) is 16.4. The molecule has 1 aliphatic rings. The Labute approximate surface area is 141 Å². The molecule has 3 rings (SSSR count). The molecule has 7 nitrogen and oxygen atoms in total. The number of carbonyl (C=O) groups excluding carboxylic acids is 1. The summed E-state index contributed by atoms with van der Waals surface area (Å²) in [6.07, 6.45) is 1.67. The van der Waals surface area contributed by atoms with Crippen molar-refractivity contribution in [2.45, 2.75) is 26.8 Å². The van der Waals surface area contributed by atoms with Crippen LogP contribution < -0.4 is 10.2 Å². The summed E-state index contributed by atoms with van der Waals surface area (Å²) >= 11 is 0. The van der Waals surface area contributed by atoms with Gasteiger partial charge in [-0.3, -0.25) is 9.78 Å². The molecular formula is C17H22N4O3. The minimum Gasteiger partial charge on any atom is -0.378 e. The predicted octanol–water partition coefficient (Wildman–Crippen LogP) is 2.01. The number of aryl methyl sites for hydroxylation is 2. The van der Waals surface area contributed by atoms with Crippen LogP contribution in [-0.4, -0.2) is 42.4 Å². The fraction of sp³-hybridized carbons (Fsp3) is 0.471.